The van der Waals surface area contributed by atoms with Crippen LogP contribution >= 0.6 is 0 Å². The van der Waals surface area contributed by atoms with Crippen LogP contribution in [0.4, 0.5) is 14.5 Å². The summed E-state index contributed by atoms with van der Waals surface area (Å²) in [6, 6.07) is 7.21. The second-order valence-electron chi connectivity index (χ2n) is 3.91. The molecule has 98 valence electrons. The number of benzene rings is 2. The van der Waals surface area contributed by atoms with Gasteiger partial charge in [-0.3, -0.25) is 4.79 Å². The number of anilines is 1. The average Bonchev–Trinajstić information content (AvgIpc) is 2.41. The number of hydrogen-bond donors (Lipinski definition) is 1. The van der Waals surface area contributed by atoms with Gasteiger partial charge in [-0.25, -0.2) is 8.78 Å². The van der Waals surface area contributed by atoms with E-state index in [4.69, 9.17) is 10.5 Å². The van der Waals surface area contributed by atoms with Crippen LogP contribution in [0.5, 0.6) is 5.75 Å². The summed E-state index contributed by atoms with van der Waals surface area (Å²) in [7, 11) is 1.38. The van der Waals surface area contributed by atoms with Gasteiger partial charge >= 0.3 is 0 Å². The van der Waals surface area contributed by atoms with E-state index in [0.717, 1.165) is 12.1 Å². The van der Waals surface area contributed by atoms with E-state index in [1.807, 2.05) is 0 Å². The van der Waals surface area contributed by atoms with Crippen molar-refractivity contribution in [3.8, 4) is 5.75 Å². The molecule has 2 aromatic rings. The van der Waals surface area contributed by atoms with Crippen molar-refractivity contribution in [1.29, 1.82) is 0 Å². The average molecular weight is 263 g/mol. The minimum absolute atomic E-state index is 0.0634. The molecule has 0 heterocycles. The van der Waals surface area contributed by atoms with Gasteiger partial charge in [-0.1, -0.05) is 0 Å². The highest BCUT2D eigenvalue weighted by Crippen LogP contribution is 2.24. The molecule has 0 saturated carbocycles. The van der Waals surface area contributed by atoms with Crippen molar-refractivity contribution in [2.45, 2.75) is 0 Å². The summed E-state index contributed by atoms with van der Waals surface area (Å²) in [4.78, 5) is 12.2. The summed E-state index contributed by atoms with van der Waals surface area (Å²) in [5.41, 5.74) is 5.50. The molecule has 0 radical (unpaired) electrons. The molecule has 0 amide bonds. The van der Waals surface area contributed by atoms with Gasteiger partial charge < -0.3 is 10.5 Å². The van der Waals surface area contributed by atoms with E-state index < -0.39 is 17.4 Å². The lowest BCUT2D eigenvalue weighted by Gasteiger charge is -2.08. The smallest absolute Gasteiger partial charge is 0.196 e. The number of rotatable bonds is 3. The van der Waals surface area contributed by atoms with Gasteiger partial charge in [0.15, 0.2) is 5.78 Å². The number of carbonyl (C=O) groups excluding carboxylic acids is 1. The molecule has 0 saturated heterocycles. The summed E-state index contributed by atoms with van der Waals surface area (Å²) in [5.74, 6) is -1.40. The first-order chi connectivity index (χ1) is 9.02. The number of ether oxygens (including phenoxy) is 1. The summed E-state index contributed by atoms with van der Waals surface area (Å²) in [6.07, 6.45) is 0. The van der Waals surface area contributed by atoms with Crippen LogP contribution in [0.15, 0.2) is 36.4 Å². The van der Waals surface area contributed by atoms with Crippen molar-refractivity contribution >= 4 is 11.5 Å². The Hall–Kier alpha value is -2.43. The predicted molar refractivity (Wildman–Crippen MR) is 67.2 cm³/mol. The van der Waals surface area contributed by atoms with E-state index in [1.165, 1.54) is 31.4 Å². The molecule has 19 heavy (non-hydrogen) atoms. The lowest BCUT2D eigenvalue weighted by atomic mass is 10.0. The van der Waals surface area contributed by atoms with Gasteiger partial charge in [0.05, 0.1) is 18.4 Å². The lowest BCUT2D eigenvalue weighted by Crippen LogP contribution is -2.06. The van der Waals surface area contributed by atoms with Gasteiger partial charge in [0.1, 0.15) is 17.4 Å². The molecule has 0 aliphatic rings. The van der Waals surface area contributed by atoms with E-state index in [2.05, 4.69) is 0 Å². The zero-order valence-corrected chi connectivity index (χ0v) is 10.1. The zero-order valence-electron chi connectivity index (χ0n) is 10.1. The van der Waals surface area contributed by atoms with Crippen molar-refractivity contribution in [2.75, 3.05) is 12.8 Å². The van der Waals surface area contributed by atoms with Gasteiger partial charge in [-0.05, 0) is 36.4 Å². The molecule has 0 spiro atoms. The number of nitrogens with two attached hydrogens (primary N) is 1. The minimum atomic E-state index is -0.609. The van der Waals surface area contributed by atoms with Crippen LogP contribution in [0.1, 0.15) is 15.9 Å². The van der Waals surface area contributed by atoms with Crippen LogP contribution in [-0.2, 0) is 0 Å². The van der Waals surface area contributed by atoms with Crippen LogP contribution in [0.2, 0.25) is 0 Å². The maximum absolute atomic E-state index is 13.2. The van der Waals surface area contributed by atoms with Crippen molar-refractivity contribution in [3.05, 3.63) is 59.2 Å². The van der Waals surface area contributed by atoms with Gasteiger partial charge in [0.2, 0.25) is 0 Å². The Labute approximate surface area is 108 Å². The number of methoxy groups -OCH3 is 1. The Bertz CT molecular complexity index is 641. The predicted octanol–water partition coefficient (Wildman–Crippen LogP) is 2.79. The summed E-state index contributed by atoms with van der Waals surface area (Å²) in [5, 5.41) is 0. The Morgan fingerprint density at radius 2 is 1.89 bits per heavy atom. The zero-order chi connectivity index (χ0) is 14.0. The molecule has 0 aliphatic carbocycles. The second kappa shape index (κ2) is 5.06. The Kier molecular flexibility index (Phi) is 3.46. The molecule has 0 fully saturated rings. The molecular weight excluding hydrogens is 252 g/mol. The fourth-order valence-electron chi connectivity index (χ4n) is 1.70. The number of halogens is 2. The standard InChI is InChI=1S/C14H11F2NO2/c1-19-13-5-3-9(15)7-10(13)14(18)8-2-4-11(16)12(17)6-8/h2-7H,17H2,1H3. The molecule has 0 aromatic heterocycles. The molecular formula is C14H11F2NO2. The fraction of sp³-hybridized carbons (Fsp3) is 0.0714. The summed E-state index contributed by atoms with van der Waals surface area (Å²) >= 11 is 0. The van der Waals surface area contributed by atoms with E-state index >= 15 is 0 Å². The molecule has 2 aromatic carbocycles. The number of ketones is 1. The molecule has 0 aliphatic heterocycles. The molecule has 0 atom stereocenters. The first-order valence-electron chi connectivity index (χ1n) is 5.46. The lowest BCUT2D eigenvalue weighted by molar-refractivity contribution is 0.103. The normalized spacial score (nSPS) is 10.3. The number of hydrogen-bond acceptors (Lipinski definition) is 3. The second-order valence-corrected chi connectivity index (χ2v) is 3.91. The van der Waals surface area contributed by atoms with Crippen molar-refractivity contribution in [1.82, 2.24) is 0 Å². The van der Waals surface area contributed by atoms with Gasteiger partial charge in [-0.2, -0.15) is 0 Å². The molecule has 5 heteroatoms. The first kappa shape index (κ1) is 13.0. The summed E-state index contributed by atoms with van der Waals surface area (Å²) < 4.78 is 31.3. The van der Waals surface area contributed by atoms with Gasteiger partial charge in [0, 0.05) is 5.56 Å². The van der Waals surface area contributed by atoms with E-state index in [0.29, 0.717) is 0 Å². The highest BCUT2D eigenvalue weighted by molar-refractivity contribution is 6.11. The van der Waals surface area contributed by atoms with E-state index in [1.54, 1.807) is 0 Å². The third-order valence-corrected chi connectivity index (χ3v) is 2.66. The summed E-state index contributed by atoms with van der Waals surface area (Å²) in [6.45, 7) is 0. The van der Waals surface area contributed by atoms with Gasteiger partial charge in [-0.15, -0.1) is 0 Å². The fourth-order valence-corrected chi connectivity index (χ4v) is 1.70. The SMILES string of the molecule is COc1ccc(F)cc1C(=O)c1ccc(F)c(N)c1. The van der Waals surface area contributed by atoms with Crippen LogP contribution < -0.4 is 10.5 Å². The quantitative estimate of drug-likeness (QED) is 0.684. The number of carbonyl (C=O) groups is 1. The maximum atomic E-state index is 13.2. The molecule has 2 N–H and O–H groups in total. The maximum Gasteiger partial charge on any atom is 0.196 e. The van der Waals surface area contributed by atoms with Crippen molar-refractivity contribution in [3.63, 3.8) is 0 Å². The minimum Gasteiger partial charge on any atom is -0.496 e. The largest absolute Gasteiger partial charge is 0.496 e. The van der Waals surface area contributed by atoms with Crippen LogP contribution in [0.25, 0.3) is 0 Å². The van der Waals surface area contributed by atoms with Crippen molar-refractivity contribution < 1.29 is 18.3 Å². The Balaban J connectivity index is 2.49. The molecule has 0 bridgehead atoms. The number of nitrogen functional groups attached to an aromatic ring is 1. The third-order valence-electron chi connectivity index (χ3n) is 2.66. The topological polar surface area (TPSA) is 52.3 Å². The monoisotopic (exact) mass is 263 g/mol. The highest BCUT2D eigenvalue weighted by atomic mass is 19.1. The van der Waals surface area contributed by atoms with E-state index in [9.17, 15) is 13.6 Å². The van der Waals surface area contributed by atoms with Crippen LogP contribution in [0.3, 0.4) is 0 Å². The highest BCUT2D eigenvalue weighted by Gasteiger charge is 2.16. The molecule has 2 rings (SSSR count). The van der Waals surface area contributed by atoms with Gasteiger partial charge in [0.25, 0.3) is 0 Å². The van der Waals surface area contributed by atoms with Crippen LogP contribution in [0, 0.1) is 11.6 Å². The molecule has 0 unspecified atom stereocenters. The molecule has 3 nitrogen and oxygen atoms in total. The first-order valence-corrected chi connectivity index (χ1v) is 5.46. The third kappa shape index (κ3) is 2.54. The van der Waals surface area contributed by atoms with E-state index in [-0.39, 0.29) is 22.6 Å². The van der Waals surface area contributed by atoms with Crippen LogP contribution in [-0.4, -0.2) is 12.9 Å². The Morgan fingerprint density at radius 3 is 2.53 bits per heavy atom. The van der Waals surface area contributed by atoms with Crippen molar-refractivity contribution in [2.24, 2.45) is 0 Å². The Morgan fingerprint density at radius 1 is 1.16 bits per heavy atom.